The van der Waals surface area contributed by atoms with Gasteiger partial charge in [0, 0.05) is 38.8 Å². The van der Waals surface area contributed by atoms with E-state index in [1.165, 1.54) is 6.26 Å². The number of nitrogens with one attached hydrogen (secondary N) is 1. The Morgan fingerprint density at radius 2 is 1.96 bits per heavy atom. The molecule has 0 radical (unpaired) electrons. The fourth-order valence-corrected chi connectivity index (χ4v) is 2.79. The summed E-state index contributed by atoms with van der Waals surface area (Å²) < 4.78 is 4.69. The second-order valence-electron chi connectivity index (χ2n) is 5.33. The van der Waals surface area contributed by atoms with Crippen molar-refractivity contribution in [2.24, 2.45) is 0 Å². The number of piperazine rings is 1. The van der Waals surface area contributed by atoms with E-state index >= 15 is 0 Å². The number of anilines is 1. The van der Waals surface area contributed by atoms with E-state index in [0.717, 1.165) is 25.2 Å². The molecule has 3 rings (SSSR count). The molecule has 2 heterocycles. The fourth-order valence-electron chi connectivity index (χ4n) is 2.47. The first-order valence-corrected chi connectivity index (χ1v) is 8.00. The van der Waals surface area contributed by atoms with E-state index in [1.807, 2.05) is 12.1 Å². The van der Waals surface area contributed by atoms with Crippen LogP contribution < -0.4 is 5.32 Å². The molecule has 1 aliphatic heterocycles. The number of urea groups is 1. The van der Waals surface area contributed by atoms with Crippen LogP contribution in [-0.4, -0.2) is 47.2 Å². The Balaban J connectivity index is 1.50. The van der Waals surface area contributed by atoms with Crippen molar-refractivity contribution in [3.8, 4) is 0 Å². The smallest absolute Gasteiger partial charge is 0.323 e. The average molecular weight is 355 g/mol. The van der Waals surface area contributed by atoms with Crippen molar-refractivity contribution in [1.29, 1.82) is 0 Å². The van der Waals surface area contributed by atoms with E-state index in [4.69, 9.17) is 27.7 Å². The molecule has 0 aliphatic carbocycles. The lowest BCUT2D eigenvalue weighted by molar-refractivity contribution is 0.143. The van der Waals surface area contributed by atoms with Gasteiger partial charge in [0.1, 0.15) is 6.26 Å². The SMILES string of the molecule is O=C(Nc1ccon1)N1CCN(Cc2ccc(Cl)c(Cl)c2)CC1. The van der Waals surface area contributed by atoms with Gasteiger partial charge in [-0.05, 0) is 17.7 Å². The normalized spacial score (nSPS) is 15.7. The Kier molecular flexibility index (Phi) is 5.05. The molecular formula is C15H16Cl2N4O2. The lowest BCUT2D eigenvalue weighted by Gasteiger charge is -2.34. The van der Waals surface area contributed by atoms with E-state index in [1.54, 1.807) is 17.0 Å². The molecule has 1 fully saturated rings. The van der Waals surface area contributed by atoms with Crippen molar-refractivity contribution in [3.05, 3.63) is 46.1 Å². The molecule has 1 aliphatic rings. The first-order chi connectivity index (χ1) is 11.1. The van der Waals surface area contributed by atoms with Gasteiger partial charge in [-0.2, -0.15) is 0 Å². The third-order valence-corrected chi connectivity index (χ3v) is 4.46. The van der Waals surface area contributed by atoms with Gasteiger partial charge < -0.3 is 9.42 Å². The molecule has 6 nitrogen and oxygen atoms in total. The van der Waals surface area contributed by atoms with Crippen molar-refractivity contribution in [2.45, 2.75) is 6.54 Å². The van der Waals surface area contributed by atoms with E-state index in [2.05, 4.69) is 15.4 Å². The first kappa shape index (κ1) is 16.1. The summed E-state index contributed by atoms with van der Waals surface area (Å²) in [5.41, 5.74) is 1.11. The number of amides is 2. The molecule has 2 aromatic rings. The molecule has 2 amide bonds. The first-order valence-electron chi connectivity index (χ1n) is 7.24. The van der Waals surface area contributed by atoms with E-state index < -0.39 is 0 Å². The molecule has 122 valence electrons. The molecule has 0 unspecified atom stereocenters. The predicted molar refractivity (Wildman–Crippen MR) is 88.8 cm³/mol. The Bertz CT molecular complexity index is 670. The number of halogens is 2. The van der Waals surface area contributed by atoms with Crippen molar-refractivity contribution in [1.82, 2.24) is 15.0 Å². The summed E-state index contributed by atoms with van der Waals surface area (Å²) in [5, 5.41) is 7.50. The molecule has 1 N–H and O–H groups in total. The van der Waals surface area contributed by atoms with Gasteiger partial charge in [-0.1, -0.05) is 34.4 Å². The van der Waals surface area contributed by atoms with Crippen LogP contribution in [0.4, 0.5) is 10.6 Å². The number of hydrogen-bond acceptors (Lipinski definition) is 4. The Labute approximate surface area is 143 Å². The number of aromatic nitrogens is 1. The van der Waals surface area contributed by atoms with Crippen LogP contribution >= 0.6 is 23.2 Å². The van der Waals surface area contributed by atoms with E-state index in [0.29, 0.717) is 29.0 Å². The van der Waals surface area contributed by atoms with Crippen molar-refractivity contribution in [3.63, 3.8) is 0 Å². The molecule has 0 saturated carbocycles. The zero-order chi connectivity index (χ0) is 16.2. The molecule has 0 bridgehead atoms. The topological polar surface area (TPSA) is 61.6 Å². The van der Waals surface area contributed by atoms with Gasteiger partial charge in [0.2, 0.25) is 0 Å². The molecule has 23 heavy (non-hydrogen) atoms. The summed E-state index contributed by atoms with van der Waals surface area (Å²) in [4.78, 5) is 16.1. The largest absolute Gasteiger partial charge is 0.363 e. The summed E-state index contributed by atoms with van der Waals surface area (Å²) in [6.45, 7) is 3.70. The van der Waals surface area contributed by atoms with E-state index in [9.17, 15) is 4.79 Å². The van der Waals surface area contributed by atoms with Crippen molar-refractivity contribution in [2.75, 3.05) is 31.5 Å². The lowest BCUT2D eigenvalue weighted by atomic mass is 10.2. The van der Waals surface area contributed by atoms with Gasteiger partial charge in [0.05, 0.1) is 10.0 Å². The van der Waals surface area contributed by atoms with Gasteiger partial charge in [-0.3, -0.25) is 10.2 Å². The summed E-state index contributed by atoms with van der Waals surface area (Å²) >= 11 is 12.0. The highest BCUT2D eigenvalue weighted by Crippen LogP contribution is 2.23. The van der Waals surface area contributed by atoms with Crippen LogP contribution in [0.15, 0.2) is 35.1 Å². The summed E-state index contributed by atoms with van der Waals surface area (Å²) in [5.74, 6) is 0.424. The molecular weight excluding hydrogens is 339 g/mol. The van der Waals surface area contributed by atoms with Crippen LogP contribution in [0.1, 0.15) is 5.56 Å². The summed E-state index contributed by atoms with van der Waals surface area (Å²) in [7, 11) is 0. The second kappa shape index (κ2) is 7.21. The number of nitrogens with zero attached hydrogens (tertiary/aromatic N) is 3. The molecule has 8 heteroatoms. The third kappa shape index (κ3) is 4.16. The average Bonchev–Trinajstić information content (AvgIpc) is 3.04. The molecule has 1 saturated heterocycles. The number of carbonyl (C=O) groups is 1. The number of carbonyl (C=O) groups excluding carboxylic acids is 1. The van der Waals surface area contributed by atoms with E-state index in [-0.39, 0.29) is 6.03 Å². The Morgan fingerprint density at radius 3 is 2.61 bits per heavy atom. The quantitative estimate of drug-likeness (QED) is 0.918. The third-order valence-electron chi connectivity index (χ3n) is 3.72. The second-order valence-corrected chi connectivity index (χ2v) is 6.14. The maximum absolute atomic E-state index is 12.1. The van der Waals surface area contributed by atoms with Crippen LogP contribution in [0.3, 0.4) is 0 Å². The maximum atomic E-state index is 12.1. The highest BCUT2D eigenvalue weighted by Gasteiger charge is 2.21. The number of rotatable bonds is 3. The zero-order valence-corrected chi connectivity index (χ0v) is 13.8. The number of benzene rings is 1. The van der Waals surface area contributed by atoms with Crippen LogP contribution in [0, 0.1) is 0 Å². The minimum atomic E-state index is -0.159. The molecule has 1 aromatic heterocycles. The van der Waals surface area contributed by atoms with Gasteiger partial charge in [-0.15, -0.1) is 0 Å². The minimum absolute atomic E-state index is 0.159. The highest BCUT2D eigenvalue weighted by atomic mass is 35.5. The summed E-state index contributed by atoms with van der Waals surface area (Å²) in [6, 6.07) is 7.11. The van der Waals surface area contributed by atoms with Gasteiger partial charge in [-0.25, -0.2) is 4.79 Å². The maximum Gasteiger partial charge on any atom is 0.323 e. The van der Waals surface area contributed by atoms with Crippen molar-refractivity contribution < 1.29 is 9.32 Å². The minimum Gasteiger partial charge on any atom is -0.363 e. The lowest BCUT2D eigenvalue weighted by Crippen LogP contribution is -2.49. The van der Waals surface area contributed by atoms with Crippen LogP contribution in [0.5, 0.6) is 0 Å². The van der Waals surface area contributed by atoms with Gasteiger partial charge in [0.25, 0.3) is 0 Å². The van der Waals surface area contributed by atoms with Gasteiger partial charge >= 0.3 is 6.03 Å². The monoisotopic (exact) mass is 354 g/mol. The Hall–Kier alpha value is -1.76. The highest BCUT2D eigenvalue weighted by molar-refractivity contribution is 6.42. The zero-order valence-electron chi connectivity index (χ0n) is 12.3. The molecule has 0 spiro atoms. The van der Waals surface area contributed by atoms with Crippen LogP contribution in [-0.2, 0) is 6.54 Å². The summed E-state index contributed by atoms with van der Waals surface area (Å²) in [6.07, 6.45) is 1.42. The van der Waals surface area contributed by atoms with Crippen molar-refractivity contribution >= 4 is 35.1 Å². The standard InChI is InChI=1S/C15H16Cl2N4O2/c16-12-2-1-11(9-13(12)17)10-20-4-6-21(7-5-20)15(22)18-14-3-8-23-19-14/h1-3,8-9H,4-7,10H2,(H,18,19,22). The predicted octanol–water partition coefficient (Wildman–Crippen LogP) is 3.33. The fraction of sp³-hybridized carbons (Fsp3) is 0.333. The Morgan fingerprint density at radius 1 is 1.17 bits per heavy atom. The molecule has 1 aromatic carbocycles. The van der Waals surface area contributed by atoms with Crippen LogP contribution in [0.25, 0.3) is 0 Å². The van der Waals surface area contributed by atoms with Crippen LogP contribution in [0.2, 0.25) is 10.0 Å². The van der Waals surface area contributed by atoms with Gasteiger partial charge in [0.15, 0.2) is 5.82 Å². The molecule has 0 atom stereocenters. The number of hydrogen-bond donors (Lipinski definition) is 1.